The molecule has 8 heteroatoms. The molecule has 3 fully saturated rings. The number of benzene rings is 1. The van der Waals surface area contributed by atoms with E-state index in [1.165, 1.54) is 4.90 Å². The number of amides is 2. The van der Waals surface area contributed by atoms with Gasteiger partial charge in [0.05, 0.1) is 31.4 Å². The van der Waals surface area contributed by atoms with Crippen LogP contribution in [0.5, 0.6) is 11.5 Å². The SMILES string of the molecule is O=C1C[C@@H](N2CCC3(CC2)OCCO3)C(=O)N1c1ccc2c(c1)OCCO2. The first kappa shape index (κ1) is 17.0. The van der Waals surface area contributed by atoms with Gasteiger partial charge >= 0.3 is 0 Å². The summed E-state index contributed by atoms with van der Waals surface area (Å²) in [6.07, 6.45) is 1.63. The molecule has 4 aliphatic rings. The molecule has 144 valence electrons. The number of hydrogen-bond donors (Lipinski definition) is 0. The van der Waals surface area contributed by atoms with Crippen molar-refractivity contribution >= 4 is 17.5 Å². The fraction of sp³-hybridized carbons (Fsp3) is 0.579. The lowest BCUT2D eigenvalue weighted by molar-refractivity contribution is -0.188. The predicted molar refractivity (Wildman–Crippen MR) is 93.8 cm³/mol. The summed E-state index contributed by atoms with van der Waals surface area (Å²) in [7, 11) is 0. The first-order valence-corrected chi connectivity index (χ1v) is 9.44. The zero-order valence-electron chi connectivity index (χ0n) is 15.0. The second-order valence-electron chi connectivity index (χ2n) is 7.26. The van der Waals surface area contributed by atoms with E-state index in [9.17, 15) is 9.59 Å². The van der Waals surface area contributed by atoms with Crippen molar-refractivity contribution in [3.05, 3.63) is 18.2 Å². The molecule has 1 spiro atoms. The zero-order valence-corrected chi connectivity index (χ0v) is 15.0. The average molecular weight is 374 g/mol. The van der Waals surface area contributed by atoms with Gasteiger partial charge in [-0.2, -0.15) is 0 Å². The van der Waals surface area contributed by atoms with Crippen molar-refractivity contribution in [1.82, 2.24) is 4.90 Å². The highest BCUT2D eigenvalue weighted by atomic mass is 16.7. The molecule has 1 atom stereocenters. The number of likely N-dealkylation sites (tertiary alicyclic amines) is 1. The van der Waals surface area contributed by atoms with Crippen molar-refractivity contribution in [3.63, 3.8) is 0 Å². The summed E-state index contributed by atoms with van der Waals surface area (Å²) in [4.78, 5) is 29.0. The van der Waals surface area contributed by atoms with E-state index in [1.807, 2.05) is 0 Å². The molecule has 0 saturated carbocycles. The quantitative estimate of drug-likeness (QED) is 0.713. The van der Waals surface area contributed by atoms with E-state index in [-0.39, 0.29) is 18.2 Å². The molecule has 0 N–H and O–H groups in total. The van der Waals surface area contributed by atoms with E-state index >= 15 is 0 Å². The number of fused-ring (bicyclic) bond motifs is 1. The summed E-state index contributed by atoms with van der Waals surface area (Å²) in [5.74, 6) is 0.352. The number of hydrogen-bond acceptors (Lipinski definition) is 7. The molecule has 4 heterocycles. The number of anilines is 1. The molecule has 2 amide bonds. The molecule has 0 aromatic heterocycles. The molecular formula is C19H22N2O6. The largest absolute Gasteiger partial charge is 0.486 e. The van der Waals surface area contributed by atoms with Gasteiger partial charge in [-0.1, -0.05) is 0 Å². The van der Waals surface area contributed by atoms with Crippen molar-refractivity contribution < 1.29 is 28.5 Å². The summed E-state index contributed by atoms with van der Waals surface area (Å²) < 4.78 is 22.6. The van der Waals surface area contributed by atoms with Crippen LogP contribution in [-0.2, 0) is 19.1 Å². The van der Waals surface area contributed by atoms with E-state index in [1.54, 1.807) is 18.2 Å². The molecule has 4 aliphatic heterocycles. The summed E-state index contributed by atoms with van der Waals surface area (Å²) in [6.45, 7) is 3.56. The Bertz CT molecular complexity index is 765. The van der Waals surface area contributed by atoms with E-state index in [2.05, 4.69) is 4.90 Å². The Balaban J connectivity index is 1.32. The number of imide groups is 1. The molecule has 5 rings (SSSR count). The topological polar surface area (TPSA) is 77.5 Å². The molecule has 0 aliphatic carbocycles. The number of rotatable bonds is 2. The fourth-order valence-electron chi connectivity index (χ4n) is 4.31. The normalized spacial score (nSPS) is 27.6. The predicted octanol–water partition coefficient (Wildman–Crippen LogP) is 0.929. The second-order valence-corrected chi connectivity index (χ2v) is 7.26. The monoisotopic (exact) mass is 374 g/mol. The molecule has 0 bridgehead atoms. The third-order valence-corrected chi connectivity index (χ3v) is 5.72. The van der Waals surface area contributed by atoms with E-state index in [4.69, 9.17) is 18.9 Å². The maximum absolute atomic E-state index is 13.0. The van der Waals surface area contributed by atoms with Crippen molar-refractivity contribution in [2.24, 2.45) is 0 Å². The Morgan fingerprint density at radius 3 is 2.37 bits per heavy atom. The van der Waals surface area contributed by atoms with Crippen molar-refractivity contribution in [3.8, 4) is 11.5 Å². The van der Waals surface area contributed by atoms with Crippen molar-refractivity contribution in [1.29, 1.82) is 0 Å². The van der Waals surface area contributed by atoms with Crippen LogP contribution in [0.4, 0.5) is 5.69 Å². The molecule has 0 unspecified atom stereocenters. The maximum Gasteiger partial charge on any atom is 0.251 e. The van der Waals surface area contributed by atoms with Gasteiger partial charge in [-0.15, -0.1) is 0 Å². The van der Waals surface area contributed by atoms with Crippen LogP contribution in [0.1, 0.15) is 19.3 Å². The van der Waals surface area contributed by atoms with E-state index < -0.39 is 11.8 Å². The molecule has 1 aromatic rings. The maximum atomic E-state index is 13.0. The molecule has 8 nitrogen and oxygen atoms in total. The summed E-state index contributed by atoms with van der Waals surface area (Å²) in [5.41, 5.74) is 0.535. The summed E-state index contributed by atoms with van der Waals surface area (Å²) >= 11 is 0. The Kier molecular flexibility index (Phi) is 4.07. The van der Waals surface area contributed by atoms with Crippen LogP contribution in [0.25, 0.3) is 0 Å². The first-order chi connectivity index (χ1) is 13.2. The lowest BCUT2D eigenvalue weighted by Gasteiger charge is -2.39. The lowest BCUT2D eigenvalue weighted by atomic mass is 10.0. The Labute approximate surface area is 156 Å². The highest BCUT2D eigenvalue weighted by molar-refractivity contribution is 6.22. The van der Waals surface area contributed by atoms with Gasteiger partial charge in [0.25, 0.3) is 5.91 Å². The van der Waals surface area contributed by atoms with Gasteiger partial charge in [-0.25, -0.2) is 4.90 Å². The second kappa shape index (κ2) is 6.47. The van der Waals surface area contributed by atoms with Gasteiger partial charge in [0.15, 0.2) is 17.3 Å². The molecule has 27 heavy (non-hydrogen) atoms. The van der Waals surface area contributed by atoms with Crippen LogP contribution in [0, 0.1) is 0 Å². The van der Waals surface area contributed by atoms with Crippen LogP contribution in [0.3, 0.4) is 0 Å². The summed E-state index contributed by atoms with van der Waals surface area (Å²) in [6, 6.07) is 4.76. The minimum Gasteiger partial charge on any atom is -0.486 e. The number of carbonyl (C=O) groups is 2. The highest BCUT2D eigenvalue weighted by Gasteiger charge is 2.47. The van der Waals surface area contributed by atoms with Crippen molar-refractivity contribution in [2.45, 2.75) is 31.1 Å². The van der Waals surface area contributed by atoms with Crippen LogP contribution in [0.15, 0.2) is 18.2 Å². The Morgan fingerprint density at radius 1 is 0.926 bits per heavy atom. The zero-order chi connectivity index (χ0) is 18.4. The number of carbonyl (C=O) groups excluding carboxylic acids is 2. The van der Waals surface area contributed by atoms with Gasteiger partial charge in [-0.05, 0) is 12.1 Å². The van der Waals surface area contributed by atoms with Gasteiger partial charge in [-0.3, -0.25) is 14.5 Å². The fourth-order valence-corrected chi connectivity index (χ4v) is 4.31. The van der Waals surface area contributed by atoms with Crippen LogP contribution in [-0.4, -0.2) is 68.1 Å². The molecule has 3 saturated heterocycles. The Morgan fingerprint density at radius 2 is 1.63 bits per heavy atom. The molecule has 0 radical (unpaired) electrons. The molecular weight excluding hydrogens is 352 g/mol. The minimum atomic E-state index is -0.488. The third-order valence-electron chi connectivity index (χ3n) is 5.72. The average Bonchev–Trinajstić information content (AvgIpc) is 3.26. The van der Waals surface area contributed by atoms with Crippen LogP contribution in [0.2, 0.25) is 0 Å². The van der Waals surface area contributed by atoms with Crippen LogP contribution >= 0.6 is 0 Å². The van der Waals surface area contributed by atoms with Gasteiger partial charge in [0, 0.05) is 32.0 Å². The van der Waals surface area contributed by atoms with Crippen LogP contribution < -0.4 is 14.4 Å². The van der Waals surface area contributed by atoms with Gasteiger partial charge in [0.2, 0.25) is 5.91 Å². The Hall–Kier alpha value is -2.16. The number of nitrogens with zero attached hydrogens (tertiary/aromatic N) is 2. The minimum absolute atomic E-state index is 0.180. The van der Waals surface area contributed by atoms with E-state index in [0.29, 0.717) is 56.7 Å². The molecule has 1 aromatic carbocycles. The van der Waals surface area contributed by atoms with Crippen molar-refractivity contribution in [2.75, 3.05) is 44.4 Å². The number of piperidine rings is 1. The van der Waals surface area contributed by atoms with E-state index in [0.717, 1.165) is 12.8 Å². The van der Waals surface area contributed by atoms with Gasteiger partial charge in [0.1, 0.15) is 13.2 Å². The summed E-state index contributed by atoms with van der Waals surface area (Å²) in [5, 5.41) is 0. The first-order valence-electron chi connectivity index (χ1n) is 9.44. The highest BCUT2D eigenvalue weighted by Crippen LogP contribution is 2.37. The lowest BCUT2D eigenvalue weighted by Crippen LogP contribution is -2.51. The van der Waals surface area contributed by atoms with Gasteiger partial charge < -0.3 is 18.9 Å². The standard InChI is InChI=1S/C19H22N2O6/c22-17-12-14(20-5-3-19(4-6-20)26-9-10-27-19)18(23)21(17)13-1-2-15-16(11-13)25-8-7-24-15/h1-2,11,14H,3-10,12H2/t14-/m1/s1. The smallest absolute Gasteiger partial charge is 0.251 e. The number of ether oxygens (including phenoxy) is 4. The third kappa shape index (κ3) is 2.88.